The number of fused-ring (bicyclic) bond motifs is 1. The molecule has 5 atom stereocenters. The van der Waals surface area contributed by atoms with Crippen LogP contribution in [0.15, 0.2) is 12.2 Å². The Balaban J connectivity index is 1.71. The average Bonchev–Trinajstić information content (AvgIpc) is 3.47. The van der Waals surface area contributed by atoms with Gasteiger partial charge in [-0.2, -0.15) is 0 Å². The molecule has 170 valence electrons. The summed E-state index contributed by atoms with van der Waals surface area (Å²) in [5.74, 6) is 0.279. The zero-order valence-corrected chi connectivity index (χ0v) is 20.7. The maximum Gasteiger partial charge on any atom is 0.317 e. The molecule has 0 aromatic carbocycles. The van der Waals surface area contributed by atoms with Crippen LogP contribution in [0.2, 0.25) is 18.1 Å². The van der Waals surface area contributed by atoms with Gasteiger partial charge in [0, 0.05) is 6.10 Å². The van der Waals surface area contributed by atoms with Gasteiger partial charge in [0.25, 0.3) is 0 Å². The fourth-order valence-corrected chi connectivity index (χ4v) is 9.63. The van der Waals surface area contributed by atoms with Crippen molar-refractivity contribution in [3.8, 4) is 0 Å². The van der Waals surface area contributed by atoms with E-state index in [-0.39, 0.29) is 17.1 Å². The third kappa shape index (κ3) is 4.09. The Bertz CT molecular complexity index is 670. The molecule has 3 saturated carbocycles. The lowest BCUT2D eigenvalue weighted by Gasteiger charge is -2.48. The molecule has 3 rings (SSSR count). The predicted octanol–water partition coefficient (Wildman–Crippen LogP) is 6.22. The van der Waals surface area contributed by atoms with Crippen molar-refractivity contribution in [3.63, 3.8) is 0 Å². The summed E-state index contributed by atoms with van der Waals surface area (Å²) < 4.78 is 7.01. The summed E-state index contributed by atoms with van der Waals surface area (Å²) in [6, 6.07) is 3.61. The van der Waals surface area contributed by atoms with Crippen LogP contribution < -0.4 is 0 Å². The minimum atomic E-state index is -1.62. The van der Waals surface area contributed by atoms with Gasteiger partial charge < -0.3 is 9.53 Å². The van der Waals surface area contributed by atoms with Crippen molar-refractivity contribution in [3.05, 3.63) is 12.2 Å². The molecule has 0 bridgehead atoms. The molecule has 0 saturated heterocycles. The third-order valence-electron chi connectivity index (χ3n) is 9.29. The summed E-state index contributed by atoms with van der Waals surface area (Å²) in [7, 11) is -1.62. The SMILES string of the molecule is CC[Si](CC)(CC)OC1CCCC2(C)C(C(C)/C=C/C(=O)C3(C(=O)O)CC3)CCC12. The number of hydrogen-bond donors (Lipinski definition) is 1. The van der Waals surface area contributed by atoms with Crippen LogP contribution in [0.4, 0.5) is 0 Å². The number of aliphatic carboxylic acids is 1. The van der Waals surface area contributed by atoms with E-state index in [1.165, 1.54) is 50.2 Å². The number of carbonyl (C=O) groups is 2. The van der Waals surface area contributed by atoms with Gasteiger partial charge in [0.1, 0.15) is 5.41 Å². The van der Waals surface area contributed by atoms with Crippen LogP contribution in [0, 0.1) is 28.6 Å². The van der Waals surface area contributed by atoms with Crippen molar-refractivity contribution in [2.24, 2.45) is 28.6 Å². The second kappa shape index (κ2) is 8.89. The first-order chi connectivity index (χ1) is 14.2. The molecular weight excluding hydrogens is 392 g/mol. The molecule has 1 N–H and O–H groups in total. The zero-order valence-electron chi connectivity index (χ0n) is 19.7. The fourth-order valence-electron chi connectivity index (χ4n) is 6.71. The zero-order chi connectivity index (χ0) is 22.2. The van der Waals surface area contributed by atoms with Crippen molar-refractivity contribution in [2.75, 3.05) is 0 Å². The lowest BCUT2D eigenvalue weighted by atomic mass is 9.62. The molecule has 0 aromatic heterocycles. The minimum Gasteiger partial charge on any atom is -0.480 e. The highest BCUT2D eigenvalue weighted by Gasteiger charge is 2.56. The highest BCUT2D eigenvalue weighted by molar-refractivity contribution is 6.73. The van der Waals surface area contributed by atoms with E-state index in [0.29, 0.717) is 30.8 Å². The molecule has 5 unspecified atom stereocenters. The number of carbonyl (C=O) groups excluding carboxylic acids is 1. The molecule has 0 spiro atoms. The maximum atomic E-state index is 12.5. The van der Waals surface area contributed by atoms with Gasteiger partial charge in [-0.15, -0.1) is 0 Å². The van der Waals surface area contributed by atoms with Gasteiger partial charge in [-0.1, -0.05) is 47.1 Å². The monoisotopic (exact) mass is 434 g/mol. The van der Waals surface area contributed by atoms with Crippen molar-refractivity contribution < 1.29 is 19.1 Å². The van der Waals surface area contributed by atoms with Crippen molar-refractivity contribution in [1.82, 2.24) is 0 Å². The topological polar surface area (TPSA) is 63.6 Å². The lowest BCUT2D eigenvalue weighted by Crippen LogP contribution is -2.48. The summed E-state index contributed by atoms with van der Waals surface area (Å²) in [4.78, 5) is 23.9. The lowest BCUT2D eigenvalue weighted by molar-refractivity contribution is -0.146. The second-order valence-electron chi connectivity index (χ2n) is 10.6. The number of ketones is 1. The standard InChI is InChI=1S/C25H42O4Si/c1-6-30(7-2,8-3)29-21-10-9-15-24(5)19(12-13-20(21)24)18(4)11-14-22(26)25(16-17-25)23(27)28/h11,14,18-21H,6-10,12-13,15-17H2,1-5H3,(H,27,28)/b14-11+. The molecular formula is C25H42O4Si. The van der Waals surface area contributed by atoms with E-state index >= 15 is 0 Å². The van der Waals surface area contributed by atoms with Crippen molar-refractivity contribution >= 4 is 20.1 Å². The number of hydrogen-bond acceptors (Lipinski definition) is 3. The first kappa shape index (κ1) is 23.7. The minimum absolute atomic E-state index is 0.212. The summed E-state index contributed by atoms with van der Waals surface area (Å²) in [5.41, 5.74) is -0.855. The van der Waals surface area contributed by atoms with Crippen LogP contribution in [0.3, 0.4) is 0 Å². The quantitative estimate of drug-likeness (QED) is 0.252. The van der Waals surface area contributed by atoms with Crippen LogP contribution >= 0.6 is 0 Å². The van der Waals surface area contributed by atoms with E-state index in [1.807, 2.05) is 6.08 Å². The maximum absolute atomic E-state index is 12.5. The van der Waals surface area contributed by atoms with Gasteiger partial charge in [-0.05, 0) is 85.9 Å². The molecule has 0 heterocycles. The van der Waals surface area contributed by atoms with E-state index in [9.17, 15) is 14.7 Å². The Morgan fingerprint density at radius 1 is 1.10 bits per heavy atom. The van der Waals surface area contributed by atoms with Crippen LogP contribution in [0.1, 0.15) is 79.6 Å². The highest BCUT2D eigenvalue weighted by atomic mass is 28.4. The molecule has 30 heavy (non-hydrogen) atoms. The van der Waals surface area contributed by atoms with Gasteiger partial charge in [0.05, 0.1) is 0 Å². The first-order valence-corrected chi connectivity index (χ1v) is 14.8. The number of carboxylic acids is 1. The number of carboxylic acid groups (broad SMARTS) is 1. The van der Waals surface area contributed by atoms with Crippen molar-refractivity contribution in [2.45, 2.75) is 104 Å². The predicted molar refractivity (Wildman–Crippen MR) is 123 cm³/mol. The molecule has 3 fully saturated rings. The first-order valence-electron chi connectivity index (χ1n) is 12.3. The Kier molecular flexibility index (Phi) is 7.03. The molecule has 0 amide bonds. The largest absolute Gasteiger partial charge is 0.480 e. The van der Waals surface area contributed by atoms with Crippen LogP contribution in [0.5, 0.6) is 0 Å². The van der Waals surface area contributed by atoms with E-state index in [1.54, 1.807) is 6.08 Å². The summed E-state index contributed by atoms with van der Waals surface area (Å²) in [5, 5.41) is 9.36. The van der Waals surface area contributed by atoms with Gasteiger partial charge >= 0.3 is 5.97 Å². The molecule has 0 radical (unpaired) electrons. The van der Waals surface area contributed by atoms with E-state index in [2.05, 4.69) is 34.6 Å². The van der Waals surface area contributed by atoms with Gasteiger partial charge in [-0.25, -0.2) is 0 Å². The normalized spacial score (nSPS) is 34.0. The number of allylic oxidation sites excluding steroid dienone is 2. The van der Waals surface area contributed by atoms with Crippen molar-refractivity contribution in [1.29, 1.82) is 0 Å². The summed E-state index contributed by atoms with van der Waals surface area (Å²) >= 11 is 0. The van der Waals surface area contributed by atoms with E-state index < -0.39 is 19.7 Å². The van der Waals surface area contributed by atoms with E-state index in [4.69, 9.17) is 4.43 Å². The number of rotatable bonds is 10. The third-order valence-corrected chi connectivity index (χ3v) is 14.0. The van der Waals surface area contributed by atoms with Crippen LogP contribution in [-0.4, -0.2) is 31.3 Å². The molecule has 3 aliphatic rings. The van der Waals surface area contributed by atoms with Crippen LogP contribution in [0.25, 0.3) is 0 Å². The summed E-state index contributed by atoms with van der Waals surface area (Å²) in [6.45, 7) is 11.6. The Morgan fingerprint density at radius 3 is 2.27 bits per heavy atom. The second-order valence-corrected chi connectivity index (χ2v) is 15.3. The van der Waals surface area contributed by atoms with Crippen LogP contribution in [-0.2, 0) is 14.0 Å². The van der Waals surface area contributed by atoms with Gasteiger partial charge in [0.15, 0.2) is 14.1 Å². The van der Waals surface area contributed by atoms with Gasteiger partial charge in [0.2, 0.25) is 0 Å². The molecule has 3 aliphatic carbocycles. The van der Waals surface area contributed by atoms with E-state index in [0.717, 1.165) is 0 Å². The summed E-state index contributed by atoms with van der Waals surface area (Å²) in [6.07, 6.45) is 11.0. The average molecular weight is 435 g/mol. The van der Waals surface area contributed by atoms with Gasteiger partial charge in [-0.3, -0.25) is 9.59 Å². The molecule has 0 aliphatic heterocycles. The Hall–Kier alpha value is -0.943. The Labute approximate surface area is 184 Å². The fraction of sp³-hybridized carbons (Fsp3) is 0.840. The molecule has 5 heteroatoms. The smallest absolute Gasteiger partial charge is 0.317 e. The molecule has 0 aromatic rings. The molecule has 4 nitrogen and oxygen atoms in total. The highest BCUT2D eigenvalue weighted by Crippen LogP contribution is 2.59. The Morgan fingerprint density at radius 2 is 1.73 bits per heavy atom.